The number of fused-ring (bicyclic) bond motifs is 5. The number of hydrogen-bond donors (Lipinski definition) is 0. The number of anilines is 1. The predicted octanol–water partition coefficient (Wildman–Crippen LogP) is 4.10. The highest BCUT2D eigenvalue weighted by molar-refractivity contribution is 5.55. The Morgan fingerprint density at radius 1 is 1.00 bits per heavy atom. The number of likely N-dealkylation sites (tertiary alicyclic amines) is 1. The molecule has 1 unspecified atom stereocenters. The maximum Gasteiger partial charge on any atom is 0.127 e. The fourth-order valence-corrected chi connectivity index (χ4v) is 4.90. The summed E-state index contributed by atoms with van der Waals surface area (Å²) in [7, 11) is 0. The molecule has 2 aromatic carbocycles. The van der Waals surface area contributed by atoms with Gasteiger partial charge < -0.3 is 9.64 Å². The summed E-state index contributed by atoms with van der Waals surface area (Å²) in [6.45, 7) is 5.29. The van der Waals surface area contributed by atoms with Crippen LogP contribution in [0.1, 0.15) is 41.5 Å². The lowest BCUT2D eigenvalue weighted by Gasteiger charge is -2.34. The lowest BCUT2D eigenvalue weighted by Crippen LogP contribution is -2.36. The van der Waals surface area contributed by atoms with Crippen molar-refractivity contribution in [1.82, 2.24) is 4.90 Å². The van der Waals surface area contributed by atoms with Crippen LogP contribution in [-0.2, 0) is 11.3 Å². The molecule has 0 spiro atoms. The Kier molecular flexibility index (Phi) is 4.18. The van der Waals surface area contributed by atoms with Gasteiger partial charge in [-0.05, 0) is 54.6 Å². The van der Waals surface area contributed by atoms with Gasteiger partial charge in [0.25, 0.3) is 0 Å². The third kappa shape index (κ3) is 2.81. The van der Waals surface area contributed by atoms with Crippen LogP contribution in [-0.4, -0.2) is 37.7 Å². The molecule has 0 N–H and O–H groups in total. The minimum absolute atomic E-state index is 0.0880. The quantitative estimate of drug-likeness (QED) is 0.827. The third-order valence-electron chi connectivity index (χ3n) is 6.29. The van der Waals surface area contributed by atoms with Crippen molar-refractivity contribution in [2.45, 2.75) is 31.3 Å². The van der Waals surface area contributed by atoms with Gasteiger partial charge in [-0.1, -0.05) is 24.3 Å². The van der Waals surface area contributed by atoms with E-state index in [2.05, 4.69) is 28.0 Å². The van der Waals surface area contributed by atoms with E-state index in [1.54, 1.807) is 12.1 Å². The van der Waals surface area contributed by atoms with Crippen LogP contribution >= 0.6 is 0 Å². The fourth-order valence-electron chi connectivity index (χ4n) is 4.90. The van der Waals surface area contributed by atoms with Crippen molar-refractivity contribution in [3.63, 3.8) is 0 Å². The summed E-state index contributed by atoms with van der Waals surface area (Å²) < 4.78 is 19.6. The third-order valence-corrected chi connectivity index (χ3v) is 6.29. The molecule has 3 aliphatic rings. The van der Waals surface area contributed by atoms with Crippen LogP contribution < -0.4 is 4.90 Å². The van der Waals surface area contributed by atoms with E-state index in [0.717, 1.165) is 38.4 Å². The van der Waals surface area contributed by atoms with Gasteiger partial charge in [-0.15, -0.1) is 0 Å². The predicted molar refractivity (Wildman–Crippen MR) is 101 cm³/mol. The zero-order chi connectivity index (χ0) is 17.5. The molecule has 3 nitrogen and oxygen atoms in total. The van der Waals surface area contributed by atoms with Crippen molar-refractivity contribution >= 4 is 5.69 Å². The SMILES string of the molecule is Fc1ccccc1CN1CC[C@@H]2CC1c1cc(N3CCOCC3)ccc12. The standard InChI is InChI=1S/C22H25FN2O/c23-21-4-2-1-3-17(21)15-25-8-7-16-13-22(25)20-14-18(5-6-19(16)20)24-9-11-26-12-10-24/h1-6,14,16,22H,7-13,15H2/t16-,22?/m1/s1. The van der Waals surface area contributed by atoms with Crippen molar-refractivity contribution in [3.8, 4) is 0 Å². The molecule has 1 aliphatic carbocycles. The van der Waals surface area contributed by atoms with Gasteiger partial charge in [-0.25, -0.2) is 4.39 Å². The fraction of sp³-hybridized carbons (Fsp3) is 0.455. The maximum absolute atomic E-state index is 14.1. The molecule has 2 saturated heterocycles. The molecular weight excluding hydrogens is 327 g/mol. The Bertz CT molecular complexity index is 802. The molecule has 5 rings (SSSR count). The molecule has 2 heterocycles. The highest BCUT2D eigenvalue weighted by Gasteiger charge is 2.39. The van der Waals surface area contributed by atoms with E-state index < -0.39 is 0 Å². The number of ether oxygens (including phenoxy) is 1. The second kappa shape index (κ2) is 6.67. The molecule has 26 heavy (non-hydrogen) atoms. The van der Waals surface area contributed by atoms with Gasteiger partial charge in [-0.3, -0.25) is 4.90 Å². The lowest BCUT2D eigenvalue weighted by molar-refractivity contribution is 0.122. The number of halogens is 1. The molecule has 2 aromatic rings. The second-order valence-electron chi connectivity index (χ2n) is 7.71. The summed E-state index contributed by atoms with van der Waals surface area (Å²) >= 11 is 0. The lowest BCUT2D eigenvalue weighted by atomic mass is 9.95. The molecule has 2 bridgehead atoms. The normalized spacial score (nSPS) is 25.3. The van der Waals surface area contributed by atoms with E-state index in [1.165, 1.54) is 29.7 Å². The Hall–Kier alpha value is -1.91. The first-order chi connectivity index (χ1) is 12.8. The average molecular weight is 352 g/mol. The summed E-state index contributed by atoms with van der Waals surface area (Å²) in [5.74, 6) is 0.584. The van der Waals surface area contributed by atoms with Crippen LogP contribution in [0.2, 0.25) is 0 Å². The number of piperidine rings is 1. The molecule has 0 saturated carbocycles. The Morgan fingerprint density at radius 3 is 2.69 bits per heavy atom. The molecular formula is C22H25FN2O. The monoisotopic (exact) mass is 352 g/mol. The van der Waals surface area contributed by atoms with Crippen LogP contribution in [0.3, 0.4) is 0 Å². The minimum Gasteiger partial charge on any atom is -0.378 e. The summed E-state index contributed by atoms with van der Waals surface area (Å²) in [6, 6.07) is 14.6. The summed E-state index contributed by atoms with van der Waals surface area (Å²) in [6.07, 6.45) is 2.35. The summed E-state index contributed by atoms with van der Waals surface area (Å²) in [4.78, 5) is 4.90. The first-order valence-corrected chi connectivity index (χ1v) is 9.73. The van der Waals surface area contributed by atoms with Gasteiger partial charge in [0.2, 0.25) is 0 Å². The topological polar surface area (TPSA) is 15.7 Å². The van der Waals surface area contributed by atoms with Crippen molar-refractivity contribution in [3.05, 3.63) is 65.0 Å². The maximum atomic E-state index is 14.1. The Morgan fingerprint density at radius 2 is 1.85 bits per heavy atom. The minimum atomic E-state index is -0.0880. The van der Waals surface area contributed by atoms with E-state index in [9.17, 15) is 4.39 Å². The van der Waals surface area contributed by atoms with Gasteiger partial charge in [-0.2, -0.15) is 0 Å². The number of benzene rings is 2. The smallest absolute Gasteiger partial charge is 0.127 e. The van der Waals surface area contributed by atoms with Gasteiger partial charge in [0.05, 0.1) is 13.2 Å². The van der Waals surface area contributed by atoms with Gasteiger partial charge in [0, 0.05) is 36.9 Å². The molecule has 2 fully saturated rings. The van der Waals surface area contributed by atoms with Crippen LogP contribution in [0.4, 0.5) is 10.1 Å². The van der Waals surface area contributed by atoms with Crippen molar-refractivity contribution < 1.29 is 9.13 Å². The molecule has 136 valence electrons. The van der Waals surface area contributed by atoms with Crippen LogP contribution in [0.15, 0.2) is 42.5 Å². The molecule has 2 aliphatic heterocycles. The highest BCUT2D eigenvalue weighted by atomic mass is 19.1. The molecule has 0 amide bonds. The van der Waals surface area contributed by atoms with Crippen molar-refractivity contribution in [2.75, 3.05) is 37.7 Å². The average Bonchev–Trinajstić information content (AvgIpc) is 2.99. The second-order valence-corrected chi connectivity index (χ2v) is 7.71. The Labute approximate surface area is 154 Å². The number of nitrogens with zero attached hydrogens (tertiary/aromatic N) is 2. The summed E-state index contributed by atoms with van der Waals surface area (Å²) in [5, 5.41) is 0. The molecule has 0 aromatic heterocycles. The largest absolute Gasteiger partial charge is 0.378 e. The van der Waals surface area contributed by atoms with Gasteiger partial charge in [0.1, 0.15) is 5.82 Å². The molecule has 0 radical (unpaired) electrons. The van der Waals surface area contributed by atoms with E-state index in [4.69, 9.17) is 4.74 Å². The van der Waals surface area contributed by atoms with E-state index in [-0.39, 0.29) is 5.82 Å². The zero-order valence-electron chi connectivity index (χ0n) is 15.0. The highest BCUT2D eigenvalue weighted by Crippen LogP contribution is 2.50. The van der Waals surface area contributed by atoms with E-state index in [0.29, 0.717) is 18.5 Å². The van der Waals surface area contributed by atoms with Crippen LogP contribution in [0.25, 0.3) is 0 Å². The molecule has 2 atom stereocenters. The molecule has 4 heteroatoms. The van der Waals surface area contributed by atoms with Crippen molar-refractivity contribution in [1.29, 1.82) is 0 Å². The van der Waals surface area contributed by atoms with Crippen LogP contribution in [0, 0.1) is 5.82 Å². The number of morpholine rings is 1. The van der Waals surface area contributed by atoms with Gasteiger partial charge >= 0.3 is 0 Å². The summed E-state index contributed by atoms with van der Waals surface area (Å²) in [5.41, 5.74) is 5.10. The van der Waals surface area contributed by atoms with Gasteiger partial charge in [0.15, 0.2) is 0 Å². The zero-order valence-corrected chi connectivity index (χ0v) is 15.0. The number of rotatable bonds is 3. The van der Waals surface area contributed by atoms with E-state index in [1.807, 2.05) is 12.1 Å². The first-order valence-electron chi connectivity index (χ1n) is 9.73. The van der Waals surface area contributed by atoms with Crippen LogP contribution in [0.5, 0.6) is 0 Å². The number of hydrogen-bond acceptors (Lipinski definition) is 3. The first kappa shape index (κ1) is 16.3. The van der Waals surface area contributed by atoms with E-state index >= 15 is 0 Å². The Balaban J connectivity index is 1.43. The van der Waals surface area contributed by atoms with Crippen molar-refractivity contribution in [2.24, 2.45) is 0 Å².